The predicted molar refractivity (Wildman–Crippen MR) is 74.6 cm³/mol. The third-order valence-corrected chi connectivity index (χ3v) is 3.61. The van der Waals surface area contributed by atoms with E-state index >= 15 is 0 Å². The van der Waals surface area contributed by atoms with Gasteiger partial charge in [-0.05, 0) is 17.9 Å². The van der Waals surface area contributed by atoms with Gasteiger partial charge in [0.05, 0.1) is 0 Å². The zero-order chi connectivity index (χ0) is 13.7. The molecule has 2 atom stereocenters. The third kappa shape index (κ3) is 3.96. The molecular weight excluding hydrogens is 240 g/mol. The van der Waals surface area contributed by atoms with Crippen molar-refractivity contribution in [3.05, 3.63) is 35.9 Å². The van der Waals surface area contributed by atoms with Crippen molar-refractivity contribution < 1.29 is 9.53 Å². The van der Waals surface area contributed by atoms with Gasteiger partial charge in [-0.1, -0.05) is 43.7 Å². The molecule has 1 heterocycles. The quantitative estimate of drug-likeness (QED) is 0.910. The van der Waals surface area contributed by atoms with Crippen LogP contribution in [0.3, 0.4) is 0 Å². The van der Waals surface area contributed by atoms with Crippen LogP contribution in [-0.4, -0.2) is 30.1 Å². The predicted octanol–water partition coefficient (Wildman–Crippen LogP) is 2.38. The third-order valence-electron chi connectivity index (χ3n) is 3.61. The number of nitrogens with zero attached hydrogens (tertiary/aromatic N) is 1. The van der Waals surface area contributed by atoms with Crippen LogP contribution in [0.4, 0.5) is 4.79 Å². The number of rotatable bonds is 3. The summed E-state index contributed by atoms with van der Waals surface area (Å²) in [5, 5.41) is 0. The highest BCUT2D eigenvalue weighted by atomic mass is 16.6. The number of nitrogens with two attached hydrogens (primary N) is 1. The Morgan fingerprint density at radius 1 is 1.37 bits per heavy atom. The molecule has 1 aromatic rings. The summed E-state index contributed by atoms with van der Waals surface area (Å²) in [5.41, 5.74) is 6.99. The SMILES string of the molecule is CCC1CC(N)CN(C(=O)OCc2ccccc2)C1. The number of carbonyl (C=O) groups excluding carboxylic acids is 1. The van der Waals surface area contributed by atoms with E-state index in [1.54, 1.807) is 4.90 Å². The molecule has 2 N–H and O–H groups in total. The lowest BCUT2D eigenvalue weighted by atomic mass is 9.93. The van der Waals surface area contributed by atoms with Crippen LogP contribution in [0.2, 0.25) is 0 Å². The van der Waals surface area contributed by atoms with Gasteiger partial charge in [0.15, 0.2) is 0 Å². The summed E-state index contributed by atoms with van der Waals surface area (Å²) in [6.45, 7) is 3.82. The van der Waals surface area contributed by atoms with Gasteiger partial charge in [0.25, 0.3) is 0 Å². The maximum Gasteiger partial charge on any atom is 0.410 e. The highest BCUT2D eigenvalue weighted by molar-refractivity contribution is 5.67. The zero-order valence-electron chi connectivity index (χ0n) is 11.4. The van der Waals surface area contributed by atoms with Crippen molar-refractivity contribution in [3.8, 4) is 0 Å². The summed E-state index contributed by atoms with van der Waals surface area (Å²) >= 11 is 0. The summed E-state index contributed by atoms with van der Waals surface area (Å²) in [6, 6.07) is 9.79. The van der Waals surface area contributed by atoms with E-state index in [0.717, 1.165) is 24.9 Å². The second-order valence-electron chi connectivity index (χ2n) is 5.22. The number of ether oxygens (including phenoxy) is 1. The maximum atomic E-state index is 12.0. The molecule has 1 aromatic carbocycles. The molecule has 4 heteroatoms. The van der Waals surface area contributed by atoms with Crippen LogP contribution in [-0.2, 0) is 11.3 Å². The standard InChI is InChI=1S/C15H22N2O2/c1-2-12-8-14(16)10-17(9-12)15(18)19-11-13-6-4-3-5-7-13/h3-7,12,14H,2,8-11,16H2,1H3. The molecule has 0 radical (unpaired) electrons. The Morgan fingerprint density at radius 2 is 2.11 bits per heavy atom. The molecule has 1 aliphatic rings. The van der Waals surface area contributed by atoms with Crippen LogP contribution in [0, 0.1) is 5.92 Å². The minimum absolute atomic E-state index is 0.0722. The van der Waals surface area contributed by atoms with Crippen LogP contribution in [0.1, 0.15) is 25.3 Å². The van der Waals surface area contributed by atoms with Crippen molar-refractivity contribution in [1.82, 2.24) is 4.90 Å². The molecule has 4 nitrogen and oxygen atoms in total. The molecular formula is C15H22N2O2. The fourth-order valence-electron chi connectivity index (χ4n) is 2.50. The van der Waals surface area contributed by atoms with Crippen LogP contribution in [0.5, 0.6) is 0 Å². The highest BCUT2D eigenvalue weighted by Crippen LogP contribution is 2.19. The fourth-order valence-corrected chi connectivity index (χ4v) is 2.50. The highest BCUT2D eigenvalue weighted by Gasteiger charge is 2.27. The van der Waals surface area contributed by atoms with Gasteiger partial charge in [-0.2, -0.15) is 0 Å². The first kappa shape index (κ1) is 13.9. The van der Waals surface area contributed by atoms with E-state index < -0.39 is 0 Å². The number of piperidine rings is 1. The van der Waals surface area contributed by atoms with Crippen molar-refractivity contribution in [3.63, 3.8) is 0 Å². The van der Waals surface area contributed by atoms with E-state index in [0.29, 0.717) is 19.1 Å². The molecule has 2 unspecified atom stereocenters. The van der Waals surface area contributed by atoms with Crippen LogP contribution < -0.4 is 5.73 Å². The normalized spacial score (nSPS) is 23.2. The van der Waals surface area contributed by atoms with Gasteiger partial charge in [0.2, 0.25) is 0 Å². The number of likely N-dealkylation sites (tertiary alicyclic amines) is 1. The summed E-state index contributed by atoms with van der Waals surface area (Å²) in [6.07, 6.45) is 1.80. The topological polar surface area (TPSA) is 55.6 Å². The van der Waals surface area contributed by atoms with E-state index in [1.165, 1.54) is 0 Å². The lowest BCUT2D eigenvalue weighted by molar-refractivity contribution is 0.0740. The number of hydrogen-bond acceptors (Lipinski definition) is 3. The van der Waals surface area contributed by atoms with Crippen molar-refractivity contribution in [2.75, 3.05) is 13.1 Å². The smallest absolute Gasteiger partial charge is 0.410 e. The average Bonchev–Trinajstić information content (AvgIpc) is 2.45. The summed E-state index contributed by atoms with van der Waals surface area (Å²) in [7, 11) is 0. The molecule has 1 saturated heterocycles. The molecule has 0 spiro atoms. The van der Waals surface area contributed by atoms with E-state index in [1.807, 2.05) is 30.3 Å². The lowest BCUT2D eigenvalue weighted by Gasteiger charge is -2.35. The minimum Gasteiger partial charge on any atom is -0.445 e. The van der Waals surface area contributed by atoms with Crippen molar-refractivity contribution in [2.45, 2.75) is 32.4 Å². The average molecular weight is 262 g/mol. The molecule has 19 heavy (non-hydrogen) atoms. The van der Waals surface area contributed by atoms with Crippen LogP contribution >= 0.6 is 0 Å². The number of amides is 1. The van der Waals surface area contributed by atoms with E-state index in [9.17, 15) is 4.79 Å². The van der Waals surface area contributed by atoms with Crippen molar-refractivity contribution >= 4 is 6.09 Å². The fraction of sp³-hybridized carbons (Fsp3) is 0.533. The van der Waals surface area contributed by atoms with E-state index in [2.05, 4.69) is 6.92 Å². The first-order chi connectivity index (χ1) is 9.19. The van der Waals surface area contributed by atoms with Gasteiger partial charge < -0.3 is 15.4 Å². The Morgan fingerprint density at radius 3 is 2.79 bits per heavy atom. The van der Waals surface area contributed by atoms with Gasteiger partial charge in [-0.3, -0.25) is 0 Å². The summed E-state index contributed by atoms with van der Waals surface area (Å²) in [5.74, 6) is 0.494. The number of carbonyl (C=O) groups is 1. The summed E-state index contributed by atoms with van der Waals surface area (Å²) in [4.78, 5) is 13.8. The molecule has 0 aliphatic carbocycles. The second-order valence-corrected chi connectivity index (χ2v) is 5.22. The molecule has 1 aliphatic heterocycles. The van der Waals surface area contributed by atoms with Crippen molar-refractivity contribution in [2.24, 2.45) is 11.7 Å². The number of hydrogen-bond donors (Lipinski definition) is 1. The first-order valence-corrected chi connectivity index (χ1v) is 6.90. The van der Waals surface area contributed by atoms with Crippen molar-refractivity contribution in [1.29, 1.82) is 0 Å². The molecule has 0 bridgehead atoms. The minimum atomic E-state index is -0.252. The van der Waals surface area contributed by atoms with Gasteiger partial charge >= 0.3 is 6.09 Å². The molecule has 0 aromatic heterocycles. The molecule has 104 valence electrons. The molecule has 0 saturated carbocycles. The van der Waals surface area contributed by atoms with E-state index in [4.69, 9.17) is 10.5 Å². The van der Waals surface area contributed by atoms with Gasteiger partial charge in [0, 0.05) is 19.1 Å². The van der Waals surface area contributed by atoms with E-state index in [-0.39, 0.29) is 12.1 Å². The largest absolute Gasteiger partial charge is 0.445 e. The lowest BCUT2D eigenvalue weighted by Crippen LogP contribution is -2.49. The zero-order valence-corrected chi connectivity index (χ0v) is 11.4. The van der Waals surface area contributed by atoms with Gasteiger partial charge in [-0.25, -0.2) is 4.79 Å². The Balaban J connectivity index is 1.85. The Hall–Kier alpha value is -1.55. The Labute approximate surface area is 114 Å². The second kappa shape index (κ2) is 6.57. The molecule has 2 rings (SSSR count). The van der Waals surface area contributed by atoms with Crippen LogP contribution in [0.25, 0.3) is 0 Å². The Kier molecular flexibility index (Phi) is 4.80. The maximum absolute atomic E-state index is 12.0. The van der Waals surface area contributed by atoms with Crippen LogP contribution in [0.15, 0.2) is 30.3 Å². The summed E-state index contributed by atoms with van der Waals surface area (Å²) < 4.78 is 5.34. The number of benzene rings is 1. The van der Waals surface area contributed by atoms with Gasteiger partial charge in [-0.15, -0.1) is 0 Å². The van der Waals surface area contributed by atoms with Gasteiger partial charge in [0.1, 0.15) is 6.61 Å². The monoisotopic (exact) mass is 262 g/mol. The molecule has 1 amide bonds. The Bertz CT molecular complexity index is 408. The first-order valence-electron chi connectivity index (χ1n) is 6.90. The molecule has 1 fully saturated rings.